The fraction of sp³-hybridized carbons (Fsp3) is 0.333. The topological polar surface area (TPSA) is 63.9 Å². The van der Waals surface area contributed by atoms with Crippen molar-refractivity contribution in [3.8, 4) is 11.3 Å². The van der Waals surface area contributed by atoms with E-state index in [9.17, 15) is 4.79 Å². The van der Waals surface area contributed by atoms with Gasteiger partial charge in [0.1, 0.15) is 0 Å². The second kappa shape index (κ2) is 6.40. The van der Waals surface area contributed by atoms with E-state index in [2.05, 4.69) is 20.9 Å². The molecule has 0 unspecified atom stereocenters. The molecule has 0 N–H and O–H groups in total. The van der Waals surface area contributed by atoms with Gasteiger partial charge in [0.05, 0.1) is 23.1 Å². The molecule has 6 nitrogen and oxygen atoms in total. The Hall–Kier alpha value is -2.54. The van der Waals surface area contributed by atoms with Gasteiger partial charge in [0, 0.05) is 43.4 Å². The summed E-state index contributed by atoms with van der Waals surface area (Å²) in [4.78, 5) is 14.6. The van der Waals surface area contributed by atoms with Crippen LogP contribution in [0.2, 0.25) is 0 Å². The van der Waals surface area contributed by atoms with Gasteiger partial charge >= 0.3 is 0 Å². The first kappa shape index (κ1) is 16.0. The molecule has 1 aliphatic rings. The number of amides is 1. The fourth-order valence-corrected chi connectivity index (χ4v) is 3.93. The lowest BCUT2D eigenvalue weighted by molar-refractivity contribution is 0.0757. The van der Waals surface area contributed by atoms with E-state index < -0.39 is 0 Å². The standard InChI is InChI=1S/C18H19N5OS/c1-12-16(21-25-20-12)18(24)23-10-8-14-15(9-11-23)22(2)19-17(14)13-6-4-3-5-7-13/h3-7H,8-11H2,1-2H3. The third-order valence-corrected chi connectivity index (χ3v) is 5.33. The van der Waals surface area contributed by atoms with Crippen molar-refractivity contribution in [2.24, 2.45) is 7.05 Å². The number of aromatic nitrogens is 4. The molecule has 4 rings (SSSR count). The van der Waals surface area contributed by atoms with E-state index in [1.54, 1.807) is 0 Å². The summed E-state index contributed by atoms with van der Waals surface area (Å²) in [5, 5.41) is 4.73. The molecule has 2 aromatic heterocycles. The molecule has 25 heavy (non-hydrogen) atoms. The molecular formula is C18H19N5OS. The summed E-state index contributed by atoms with van der Waals surface area (Å²) in [5.74, 6) is -0.0201. The van der Waals surface area contributed by atoms with Crippen LogP contribution in [0.3, 0.4) is 0 Å². The van der Waals surface area contributed by atoms with Crippen molar-refractivity contribution in [1.29, 1.82) is 0 Å². The van der Waals surface area contributed by atoms with Crippen molar-refractivity contribution >= 4 is 17.6 Å². The normalized spacial score (nSPS) is 14.2. The maximum absolute atomic E-state index is 12.8. The van der Waals surface area contributed by atoms with Crippen LogP contribution in [0.25, 0.3) is 11.3 Å². The van der Waals surface area contributed by atoms with Crippen LogP contribution in [0.1, 0.15) is 27.4 Å². The molecule has 0 aliphatic carbocycles. The van der Waals surface area contributed by atoms with E-state index in [0.29, 0.717) is 24.5 Å². The molecule has 1 aliphatic heterocycles. The molecule has 0 fully saturated rings. The Balaban J connectivity index is 1.63. The van der Waals surface area contributed by atoms with Crippen LogP contribution >= 0.6 is 11.7 Å². The zero-order chi connectivity index (χ0) is 17.4. The Bertz CT molecular complexity index is 915. The van der Waals surface area contributed by atoms with Crippen LogP contribution < -0.4 is 0 Å². The average molecular weight is 353 g/mol. The first-order chi connectivity index (χ1) is 12.1. The van der Waals surface area contributed by atoms with Crippen LogP contribution in [-0.2, 0) is 19.9 Å². The fourth-order valence-electron chi connectivity index (χ4n) is 3.38. The number of carbonyl (C=O) groups excluding carboxylic acids is 1. The van der Waals surface area contributed by atoms with Gasteiger partial charge in [-0.15, -0.1) is 0 Å². The number of hydrogen-bond acceptors (Lipinski definition) is 5. The molecule has 0 saturated carbocycles. The van der Waals surface area contributed by atoms with Gasteiger partial charge in [-0.1, -0.05) is 30.3 Å². The average Bonchev–Trinajstić information content (AvgIpc) is 3.10. The SMILES string of the molecule is Cc1nsnc1C(=O)N1CCc2c(-c3ccccc3)nn(C)c2CC1. The van der Waals surface area contributed by atoms with Crippen molar-refractivity contribution < 1.29 is 4.79 Å². The van der Waals surface area contributed by atoms with Gasteiger partial charge < -0.3 is 4.90 Å². The van der Waals surface area contributed by atoms with Crippen molar-refractivity contribution in [2.75, 3.05) is 13.1 Å². The maximum Gasteiger partial charge on any atom is 0.275 e. The van der Waals surface area contributed by atoms with Gasteiger partial charge in [0.25, 0.3) is 5.91 Å². The second-order valence-electron chi connectivity index (χ2n) is 6.25. The maximum atomic E-state index is 12.8. The van der Waals surface area contributed by atoms with E-state index in [4.69, 9.17) is 5.10 Å². The summed E-state index contributed by atoms with van der Waals surface area (Å²) in [5.41, 5.74) is 5.80. The van der Waals surface area contributed by atoms with Gasteiger partial charge in [-0.3, -0.25) is 9.48 Å². The molecule has 1 amide bonds. The molecular weight excluding hydrogens is 334 g/mol. The van der Waals surface area contributed by atoms with Crippen molar-refractivity contribution in [3.05, 3.63) is 53.0 Å². The smallest absolute Gasteiger partial charge is 0.275 e. The molecule has 3 heterocycles. The number of rotatable bonds is 2. The Morgan fingerprint density at radius 1 is 1.12 bits per heavy atom. The lowest BCUT2D eigenvalue weighted by Crippen LogP contribution is -2.34. The predicted molar refractivity (Wildman–Crippen MR) is 96.6 cm³/mol. The highest BCUT2D eigenvalue weighted by Crippen LogP contribution is 2.28. The number of hydrogen-bond donors (Lipinski definition) is 0. The first-order valence-electron chi connectivity index (χ1n) is 8.33. The monoisotopic (exact) mass is 353 g/mol. The summed E-state index contributed by atoms with van der Waals surface area (Å²) in [6.45, 7) is 3.19. The quantitative estimate of drug-likeness (QED) is 0.710. The molecule has 0 radical (unpaired) electrons. The van der Waals surface area contributed by atoms with E-state index in [-0.39, 0.29) is 5.91 Å². The minimum atomic E-state index is -0.0201. The third-order valence-electron chi connectivity index (χ3n) is 4.71. The Morgan fingerprint density at radius 3 is 2.60 bits per heavy atom. The number of nitrogens with zero attached hydrogens (tertiary/aromatic N) is 5. The summed E-state index contributed by atoms with van der Waals surface area (Å²) in [7, 11) is 1.98. The van der Waals surface area contributed by atoms with Crippen LogP contribution in [-0.4, -0.2) is 42.4 Å². The number of fused-ring (bicyclic) bond motifs is 1. The van der Waals surface area contributed by atoms with Crippen LogP contribution in [0.15, 0.2) is 30.3 Å². The van der Waals surface area contributed by atoms with Gasteiger partial charge in [-0.2, -0.15) is 13.8 Å². The van der Waals surface area contributed by atoms with Crippen molar-refractivity contribution in [2.45, 2.75) is 19.8 Å². The Labute approximate surface area is 150 Å². The lowest BCUT2D eigenvalue weighted by Gasteiger charge is -2.19. The number of benzene rings is 1. The molecule has 0 spiro atoms. The van der Waals surface area contributed by atoms with Gasteiger partial charge in [0.15, 0.2) is 5.69 Å². The lowest BCUT2D eigenvalue weighted by atomic mass is 10.0. The molecule has 128 valence electrons. The summed E-state index contributed by atoms with van der Waals surface area (Å²) < 4.78 is 10.2. The molecule has 0 saturated heterocycles. The second-order valence-corrected chi connectivity index (χ2v) is 6.78. The van der Waals surface area contributed by atoms with Crippen molar-refractivity contribution in [3.63, 3.8) is 0 Å². The summed E-state index contributed by atoms with van der Waals surface area (Å²) >= 11 is 1.09. The summed E-state index contributed by atoms with van der Waals surface area (Å²) in [6, 6.07) is 10.2. The minimum absolute atomic E-state index is 0.0201. The Kier molecular flexibility index (Phi) is 4.09. The largest absolute Gasteiger partial charge is 0.336 e. The van der Waals surface area contributed by atoms with Gasteiger partial charge in [0.2, 0.25) is 0 Å². The van der Waals surface area contributed by atoms with Gasteiger partial charge in [-0.25, -0.2) is 0 Å². The van der Waals surface area contributed by atoms with Crippen LogP contribution in [0, 0.1) is 6.92 Å². The highest BCUT2D eigenvalue weighted by Gasteiger charge is 2.26. The molecule has 1 aromatic carbocycles. The van der Waals surface area contributed by atoms with Crippen molar-refractivity contribution in [1.82, 2.24) is 23.4 Å². The molecule has 3 aromatic rings. The minimum Gasteiger partial charge on any atom is -0.336 e. The zero-order valence-electron chi connectivity index (χ0n) is 14.3. The first-order valence-corrected chi connectivity index (χ1v) is 9.07. The van der Waals surface area contributed by atoms with Gasteiger partial charge in [-0.05, 0) is 13.3 Å². The number of aryl methyl sites for hydroxylation is 2. The van der Waals surface area contributed by atoms with Crippen LogP contribution in [0.5, 0.6) is 0 Å². The highest BCUT2D eigenvalue weighted by molar-refractivity contribution is 6.99. The number of carbonyl (C=O) groups is 1. The van der Waals surface area contributed by atoms with E-state index >= 15 is 0 Å². The van der Waals surface area contributed by atoms with E-state index in [1.165, 1.54) is 11.3 Å². The van der Waals surface area contributed by atoms with Crippen LogP contribution in [0.4, 0.5) is 0 Å². The zero-order valence-corrected chi connectivity index (χ0v) is 15.1. The Morgan fingerprint density at radius 2 is 1.88 bits per heavy atom. The third kappa shape index (κ3) is 2.84. The highest BCUT2D eigenvalue weighted by atomic mass is 32.1. The molecule has 0 atom stereocenters. The molecule has 7 heteroatoms. The van der Waals surface area contributed by atoms with E-state index in [0.717, 1.165) is 35.8 Å². The molecule has 0 bridgehead atoms. The van der Waals surface area contributed by atoms with E-state index in [1.807, 2.05) is 41.8 Å². The predicted octanol–water partition coefficient (Wildman–Crippen LogP) is 2.49. The summed E-state index contributed by atoms with van der Waals surface area (Å²) in [6.07, 6.45) is 1.60.